The van der Waals surface area contributed by atoms with Crippen LogP contribution in [0.4, 0.5) is 0 Å². The van der Waals surface area contributed by atoms with Crippen molar-refractivity contribution in [3.8, 4) is 0 Å². The molecule has 0 aliphatic carbocycles. The molecule has 0 radical (unpaired) electrons. The van der Waals surface area contributed by atoms with Crippen LogP contribution in [0.15, 0.2) is 48.5 Å². The highest BCUT2D eigenvalue weighted by molar-refractivity contribution is 6.42. The van der Waals surface area contributed by atoms with Gasteiger partial charge in [-0.1, -0.05) is 59.1 Å². The second kappa shape index (κ2) is 7.30. The topological polar surface area (TPSA) is 29.1 Å². The molecule has 1 N–H and O–H groups in total. The molecule has 108 valence electrons. The lowest BCUT2D eigenvalue weighted by Gasteiger charge is -2.03. The molecule has 0 aliphatic heterocycles. The van der Waals surface area contributed by atoms with E-state index in [1.165, 1.54) is 11.6 Å². The van der Waals surface area contributed by atoms with Crippen LogP contribution in [0.3, 0.4) is 0 Å². The van der Waals surface area contributed by atoms with Gasteiger partial charge in [-0.3, -0.25) is 4.79 Å². The summed E-state index contributed by atoms with van der Waals surface area (Å²) in [5.41, 5.74) is 3.09. The predicted octanol–water partition coefficient (Wildman–Crippen LogP) is 4.63. The summed E-state index contributed by atoms with van der Waals surface area (Å²) in [6.07, 6.45) is 3.18. The molecule has 2 aromatic carbocycles. The SMILES string of the molecule is Cc1ccc(CNC(=O)/C=C/c2ccc(Cl)c(Cl)c2)cc1. The van der Waals surface area contributed by atoms with E-state index >= 15 is 0 Å². The third-order valence-corrected chi connectivity index (χ3v) is 3.70. The maximum Gasteiger partial charge on any atom is 0.244 e. The van der Waals surface area contributed by atoms with Gasteiger partial charge >= 0.3 is 0 Å². The van der Waals surface area contributed by atoms with E-state index in [-0.39, 0.29) is 5.91 Å². The van der Waals surface area contributed by atoms with E-state index in [2.05, 4.69) is 5.32 Å². The highest BCUT2D eigenvalue weighted by Crippen LogP contribution is 2.23. The molecule has 4 heteroatoms. The van der Waals surface area contributed by atoms with Crippen molar-refractivity contribution >= 4 is 35.2 Å². The second-order valence-corrected chi connectivity index (χ2v) is 5.52. The number of aryl methyl sites for hydroxylation is 1. The minimum Gasteiger partial charge on any atom is -0.348 e. The zero-order valence-electron chi connectivity index (χ0n) is 11.6. The average molecular weight is 320 g/mol. The molecule has 0 saturated heterocycles. The largest absolute Gasteiger partial charge is 0.348 e. The Bertz CT molecular complexity index is 663. The third-order valence-electron chi connectivity index (χ3n) is 2.96. The van der Waals surface area contributed by atoms with Crippen molar-refractivity contribution in [2.24, 2.45) is 0 Å². The van der Waals surface area contributed by atoms with Gasteiger partial charge in [0.2, 0.25) is 5.91 Å². The monoisotopic (exact) mass is 319 g/mol. The molecule has 0 aromatic heterocycles. The summed E-state index contributed by atoms with van der Waals surface area (Å²) in [6, 6.07) is 13.3. The van der Waals surface area contributed by atoms with Gasteiger partial charge < -0.3 is 5.32 Å². The van der Waals surface area contributed by atoms with Gasteiger partial charge in [-0.15, -0.1) is 0 Å². The van der Waals surface area contributed by atoms with E-state index < -0.39 is 0 Å². The Morgan fingerprint density at radius 2 is 1.81 bits per heavy atom. The summed E-state index contributed by atoms with van der Waals surface area (Å²) in [5.74, 6) is -0.151. The predicted molar refractivity (Wildman–Crippen MR) is 88.5 cm³/mol. The van der Waals surface area contributed by atoms with Crippen molar-refractivity contribution in [2.75, 3.05) is 0 Å². The van der Waals surface area contributed by atoms with Crippen LogP contribution in [0.1, 0.15) is 16.7 Å². The molecule has 0 bridgehead atoms. The summed E-state index contributed by atoms with van der Waals surface area (Å²) in [5, 5.41) is 3.80. The molecule has 2 aromatic rings. The van der Waals surface area contributed by atoms with E-state index in [1.807, 2.05) is 31.2 Å². The molecule has 2 rings (SSSR count). The number of halogens is 2. The molecule has 0 heterocycles. The number of rotatable bonds is 4. The lowest BCUT2D eigenvalue weighted by atomic mass is 10.1. The highest BCUT2D eigenvalue weighted by Gasteiger charge is 1.99. The van der Waals surface area contributed by atoms with Crippen LogP contribution >= 0.6 is 23.2 Å². The van der Waals surface area contributed by atoms with Crippen LogP contribution in [0.2, 0.25) is 10.0 Å². The molecular weight excluding hydrogens is 305 g/mol. The number of nitrogens with one attached hydrogen (secondary N) is 1. The number of benzene rings is 2. The summed E-state index contributed by atoms with van der Waals surface area (Å²) in [7, 11) is 0. The molecule has 0 fully saturated rings. The van der Waals surface area contributed by atoms with Crippen molar-refractivity contribution < 1.29 is 4.79 Å². The van der Waals surface area contributed by atoms with Crippen molar-refractivity contribution in [2.45, 2.75) is 13.5 Å². The van der Waals surface area contributed by atoms with Gasteiger partial charge in [-0.05, 0) is 36.3 Å². The van der Waals surface area contributed by atoms with Gasteiger partial charge in [0.1, 0.15) is 0 Å². The third kappa shape index (κ3) is 4.92. The first-order valence-electron chi connectivity index (χ1n) is 6.51. The van der Waals surface area contributed by atoms with E-state index in [1.54, 1.807) is 24.3 Å². The van der Waals surface area contributed by atoms with E-state index in [9.17, 15) is 4.79 Å². The molecular formula is C17H15Cl2NO. The molecule has 0 unspecified atom stereocenters. The minimum absolute atomic E-state index is 0.151. The maximum atomic E-state index is 11.8. The number of amides is 1. The first-order chi connectivity index (χ1) is 10.0. The van der Waals surface area contributed by atoms with E-state index in [0.29, 0.717) is 16.6 Å². The number of carbonyl (C=O) groups is 1. The van der Waals surface area contributed by atoms with Gasteiger partial charge in [0.25, 0.3) is 0 Å². The Morgan fingerprint density at radius 3 is 2.48 bits per heavy atom. The van der Waals surface area contributed by atoms with Crippen LogP contribution in [0.25, 0.3) is 6.08 Å². The Labute approximate surface area is 134 Å². The fourth-order valence-electron chi connectivity index (χ4n) is 1.74. The number of hydrogen-bond acceptors (Lipinski definition) is 1. The number of carbonyl (C=O) groups excluding carboxylic acids is 1. The molecule has 0 saturated carbocycles. The Morgan fingerprint density at radius 1 is 1.10 bits per heavy atom. The normalized spacial score (nSPS) is 10.8. The van der Waals surface area contributed by atoms with Gasteiger partial charge in [0.15, 0.2) is 0 Å². The standard InChI is InChI=1S/C17H15Cl2NO/c1-12-2-4-14(5-3-12)11-20-17(21)9-7-13-6-8-15(18)16(19)10-13/h2-10H,11H2,1H3,(H,20,21)/b9-7+. The van der Waals surface area contributed by atoms with Crippen molar-refractivity contribution in [3.63, 3.8) is 0 Å². The molecule has 2 nitrogen and oxygen atoms in total. The van der Waals surface area contributed by atoms with Gasteiger partial charge in [-0.25, -0.2) is 0 Å². The quantitative estimate of drug-likeness (QED) is 0.818. The first-order valence-corrected chi connectivity index (χ1v) is 7.27. The molecule has 21 heavy (non-hydrogen) atoms. The lowest BCUT2D eigenvalue weighted by molar-refractivity contribution is -0.116. The fourth-order valence-corrected chi connectivity index (χ4v) is 2.05. The molecule has 1 amide bonds. The van der Waals surface area contributed by atoms with Crippen molar-refractivity contribution in [1.29, 1.82) is 0 Å². The Kier molecular flexibility index (Phi) is 5.43. The second-order valence-electron chi connectivity index (χ2n) is 4.71. The summed E-state index contributed by atoms with van der Waals surface area (Å²) in [4.78, 5) is 11.8. The minimum atomic E-state index is -0.151. The van der Waals surface area contributed by atoms with E-state index in [0.717, 1.165) is 11.1 Å². The van der Waals surface area contributed by atoms with Crippen LogP contribution in [-0.4, -0.2) is 5.91 Å². The summed E-state index contributed by atoms with van der Waals surface area (Å²) in [6.45, 7) is 2.53. The Balaban J connectivity index is 1.90. The van der Waals surface area contributed by atoms with E-state index in [4.69, 9.17) is 23.2 Å². The molecule has 0 atom stereocenters. The summed E-state index contributed by atoms with van der Waals surface area (Å²) >= 11 is 11.8. The zero-order valence-corrected chi connectivity index (χ0v) is 13.1. The average Bonchev–Trinajstić information content (AvgIpc) is 2.48. The summed E-state index contributed by atoms with van der Waals surface area (Å²) < 4.78 is 0. The highest BCUT2D eigenvalue weighted by atomic mass is 35.5. The first kappa shape index (κ1) is 15.6. The van der Waals surface area contributed by atoms with Crippen molar-refractivity contribution in [3.05, 3.63) is 75.3 Å². The lowest BCUT2D eigenvalue weighted by Crippen LogP contribution is -2.20. The maximum absolute atomic E-state index is 11.8. The zero-order chi connectivity index (χ0) is 15.2. The van der Waals surface area contributed by atoms with Crippen LogP contribution in [0, 0.1) is 6.92 Å². The van der Waals surface area contributed by atoms with Crippen LogP contribution in [-0.2, 0) is 11.3 Å². The smallest absolute Gasteiger partial charge is 0.244 e. The molecule has 0 aliphatic rings. The van der Waals surface area contributed by atoms with Gasteiger partial charge in [0, 0.05) is 12.6 Å². The number of hydrogen-bond donors (Lipinski definition) is 1. The van der Waals surface area contributed by atoms with Crippen molar-refractivity contribution in [1.82, 2.24) is 5.32 Å². The molecule has 0 spiro atoms. The fraction of sp³-hybridized carbons (Fsp3) is 0.118. The van der Waals surface area contributed by atoms with Crippen LogP contribution in [0.5, 0.6) is 0 Å². The van der Waals surface area contributed by atoms with Crippen LogP contribution < -0.4 is 5.32 Å². The van der Waals surface area contributed by atoms with Gasteiger partial charge in [-0.2, -0.15) is 0 Å². The van der Waals surface area contributed by atoms with Gasteiger partial charge in [0.05, 0.1) is 10.0 Å². The Hall–Kier alpha value is -1.77.